The third-order valence-electron chi connectivity index (χ3n) is 4.54. The van der Waals surface area contributed by atoms with Crippen LogP contribution in [0, 0.1) is 5.41 Å². The number of benzene rings is 1. The summed E-state index contributed by atoms with van der Waals surface area (Å²) in [6, 6.07) is 9.44. The van der Waals surface area contributed by atoms with Gasteiger partial charge in [0.05, 0.1) is 0 Å². The molecule has 1 aromatic rings. The van der Waals surface area contributed by atoms with Gasteiger partial charge in [-0.05, 0) is 25.0 Å². The number of amidine groups is 1. The first kappa shape index (κ1) is 17.0. The Labute approximate surface area is 137 Å². The molecule has 1 aliphatic rings. The van der Waals surface area contributed by atoms with Crippen molar-refractivity contribution in [2.45, 2.75) is 26.7 Å². The van der Waals surface area contributed by atoms with Crippen LogP contribution < -0.4 is 10.2 Å². The summed E-state index contributed by atoms with van der Waals surface area (Å²) in [7, 11) is 3.43. The van der Waals surface area contributed by atoms with Gasteiger partial charge in [-0.25, -0.2) is 9.79 Å². The highest BCUT2D eigenvalue weighted by atomic mass is 16.2. The lowest BCUT2D eigenvalue weighted by Gasteiger charge is -2.39. The largest absolute Gasteiger partial charge is 0.355 e. The number of hydrogen-bond acceptors (Lipinski definition) is 4. The van der Waals surface area contributed by atoms with E-state index in [2.05, 4.69) is 10.3 Å². The van der Waals surface area contributed by atoms with Crippen molar-refractivity contribution in [2.75, 3.05) is 25.7 Å². The Morgan fingerprint density at radius 1 is 1.17 bits per heavy atom. The summed E-state index contributed by atoms with van der Waals surface area (Å²) >= 11 is 0. The average Bonchev–Trinajstić information content (AvgIpc) is 2.59. The molecule has 124 valence electrons. The average molecular weight is 316 g/mol. The molecule has 1 heterocycles. The van der Waals surface area contributed by atoms with E-state index < -0.39 is 11.4 Å². The number of rotatable bonds is 5. The van der Waals surface area contributed by atoms with E-state index in [9.17, 15) is 9.59 Å². The van der Waals surface area contributed by atoms with Gasteiger partial charge in [0, 0.05) is 19.8 Å². The number of anilines is 1. The van der Waals surface area contributed by atoms with Gasteiger partial charge in [0.15, 0.2) is 0 Å². The summed E-state index contributed by atoms with van der Waals surface area (Å²) in [5, 5.41) is 2.79. The fourth-order valence-electron chi connectivity index (χ4n) is 2.84. The van der Waals surface area contributed by atoms with E-state index in [1.54, 1.807) is 0 Å². The number of amides is 3. The van der Waals surface area contributed by atoms with E-state index in [0.29, 0.717) is 25.3 Å². The lowest BCUT2D eigenvalue weighted by Crippen LogP contribution is -2.62. The van der Waals surface area contributed by atoms with Gasteiger partial charge >= 0.3 is 6.03 Å². The lowest BCUT2D eigenvalue weighted by atomic mass is 9.78. The summed E-state index contributed by atoms with van der Waals surface area (Å²) in [5.41, 5.74) is 0.279. The SMILES string of the molecule is CCC1(CC)C(=O)N(C)C(=O)N/C1=N\CN(C)c1ccccc1. The van der Waals surface area contributed by atoms with E-state index in [1.807, 2.05) is 56.1 Å². The minimum atomic E-state index is -0.750. The molecule has 1 saturated heterocycles. The second kappa shape index (κ2) is 6.81. The molecule has 0 aromatic heterocycles. The number of imide groups is 1. The van der Waals surface area contributed by atoms with Crippen molar-refractivity contribution in [1.29, 1.82) is 0 Å². The third-order valence-corrected chi connectivity index (χ3v) is 4.54. The maximum absolute atomic E-state index is 12.6. The van der Waals surface area contributed by atoms with E-state index in [-0.39, 0.29) is 5.91 Å². The molecule has 1 aromatic carbocycles. The molecule has 6 nitrogen and oxygen atoms in total. The minimum Gasteiger partial charge on any atom is -0.355 e. The minimum absolute atomic E-state index is 0.188. The number of carbonyl (C=O) groups is 2. The Morgan fingerprint density at radius 2 is 1.78 bits per heavy atom. The molecule has 1 N–H and O–H groups in total. The van der Waals surface area contributed by atoms with Crippen molar-refractivity contribution in [3.05, 3.63) is 30.3 Å². The standard InChI is InChI=1S/C17H24N4O2/c1-5-17(6-2)14(19-16(23)21(4)15(17)22)18-12-20(3)13-10-8-7-9-11-13/h7-11H,5-6,12H2,1-4H3,(H,18,19,23). The highest BCUT2D eigenvalue weighted by Crippen LogP contribution is 2.32. The molecule has 0 spiro atoms. The molecule has 3 amide bonds. The summed E-state index contributed by atoms with van der Waals surface area (Å²) in [5.74, 6) is 0.283. The van der Waals surface area contributed by atoms with Crippen molar-refractivity contribution < 1.29 is 9.59 Å². The highest BCUT2D eigenvalue weighted by Gasteiger charge is 2.48. The summed E-state index contributed by atoms with van der Waals surface area (Å²) < 4.78 is 0. The van der Waals surface area contributed by atoms with Gasteiger partial charge < -0.3 is 4.90 Å². The molecule has 0 atom stereocenters. The smallest absolute Gasteiger partial charge is 0.329 e. The molecule has 2 rings (SSSR count). The molecule has 0 radical (unpaired) electrons. The molecule has 1 fully saturated rings. The van der Waals surface area contributed by atoms with Gasteiger partial charge in [0.2, 0.25) is 5.91 Å². The molecule has 6 heteroatoms. The first-order chi connectivity index (χ1) is 11.0. The van der Waals surface area contributed by atoms with Crippen LogP contribution in [0.5, 0.6) is 0 Å². The highest BCUT2D eigenvalue weighted by molar-refractivity contribution is 6.20. The molecular weight excluding hydrogens is 292 g/mol. The second-order valence-electron chi connectivity index (χ2n) is 5.77. The number of urea groups is 1. The molecule has 1 aliphatic heterocycles. The van der Waals surface area contributed by atoms with Crippen molar-refractivity contribution in [1.82, 2.24) is 10.2 Å². The van der Waals surface area contributed by atoms with E-state index >= 15 is 0 Å². The van der Waals surface area contributed by atoms with Crippen molar-refractivity contribution in [3.63, 3.8) is 0 Å². The summed E-state index contributed by atoms with van der Waals surface area (Å²) in [6.07, 6.45) is 1.20. The van der Waals surface area contributed by atoms with Crippen LogP contribution in [0.3, 0.4) is 0 Å². The van der Waals surface area contributed by atoms with Gasteiger partial charge in [0.1, 0.15) is 17.9 Å². The second-order valence-corrected chi connectivity index (χ2v) is 5.77. The lowest BCUT2D eigenvalue weighted by molar-refractivity contribution is -0.135. The van der Waals surface area contributed by atoms with E-state index in [4.69, 9.17) is 0 Å². The van der Waals surface area contributed by atoms with Crippen LogP contribution in [-0.4, -0.2) is 43.4 Å². The molecule has 0 bridgehead atoms. The van der Waals surface area contributed by atoms with E-state index in [1.165, 1.54) is 7.05 Å². The maximum Gasteiger partial charge on any atom is 0.329 e. The van der Waals surface area contributed by atoms with Crippen LogP contribution >= 0.6 is 0 Å². The number of nitrogens with one attached hydrogen (secondary N) is 1. The Bertz CT molecular complexity index is 608. The van der Waals surface area contributed by atoms with Crippen LogP contribution in [0.1, 0.15) is 26.7 Å². The maximum atomic E-state index is 12.6. The predicted molar refractivity (Wildman–Crippen MR) is 91.5 cm³/mol. The van der Waals surface area contributed by atoms with Crippen LogP contribution in [0.15, 0.2) is 35.3 Å². The normalized spacial score (nSPS) is 19.0. The number of carbonyl (C=O) groups excluding carboxylic acids is 2. The number of hydrogen-bond donors (Lipinski definition) is 1. The monoisotopic (exact) mass is 316 g/mol. The fraction of sp³-hybridized carbons (Fsp3) is 0.471. The Kier molecular flexibility index (Phi) is 5.03. The van der Waals surface area contributed by atoms with Gasteiger partial charge in [-0.3, -0.25) is 15.0 Å². The first-order valence-electron chi connectivity index (χ1n) is 7.86. The molecule has 0 saturated carbocycles. The zero-order valence-electron chi connectivity index (χ0n) is 14.2. The van der Waals surface area contributed by atoms with Crippen LogP contribution in [0.4, 0.5) is 10.5 Å². The van der Waals surface area contributed by atoms with Gasteiger partial charge in [0.25, 0.3) is 0 Å². The topological polar surface area (TPSA) is 65.0 Å². The van der Waals surface area contributed by atoms with Crippen molar-refractivity contribution in [2.24, 2.45) is 10.4 Å². The molecule has 0 aliphatic carbocycles. The summed E-state index contributed by atoms with van der Waals surface area (Å²) in [6.45, 7) is 4.27. The zero-order chi connectivity index (χ0) is 17.0. The van der Waals surface area contributed by atoms with Gasteiger partial charge in [-0.2, -0.15) is 0 Å². The first-order valence-corrected chi connectivity index (χ1v) is 7.86. The Morgan fingerprint density at radius 3 is 2.35 bits per heavy atom. The van der Waals surface area contributed by atoms with Crippen LogP contribution in [-0.2, 0) is 4.79 Å². The number of nitrogens with zero attached hydrogens (tertiary/aromatic N) is 3. The molecule has 0 unspecified atom stereocenters. The van der Waals surface area contributed by atoms with Crippen LogP contribution in [0.2, 0.25) is 0 Å². The zero-order valence-corrected chi connectivity index (χ0v) is 14.2. The van der Waals surface area contributed by atoms with Crippen LogP contribution in [0.25, 0.3) is 0 Å². The number of aliphatic imine (C=N–C) groups is 1. The number of para-hydroxylation sites is 1. The van der Waals surface area contributed by atoms with Gasteiger partial charge in [-0.1, -0.05) is 32.0 Å². The summed E-state index contributed by atoms with van der Waals surface area (Å²) in [4.78, 5) is 32.2. The molecule has 23 heavy (non-hydrogen) atoms. The van der Waals surface area contributed by atoms with E-state index in [0.717, 1.165) is 10.6 Å². The third kappa shape index (κ3) is 3.06. The fourth-order valence-corrected chi connectivity index (χ4v) is 2.84. The quantitative estimate of drug-likeness (QED) is 0.907. The predicted octanol–water partition coefficient (Wildman–Crippen LogP) is 2.47. The van der Waals surface area contributed by atoms with Gasteiger partial charge in [-0.15, -0.1) is 0 Å². The van der Waals surface area contributed by atoms with Crippen molar-refractivity contribution in [3.8, 4) is 0 Å². The Hall–Kier alpha value is -2.37. The molecular formula is C17H24N4O2. The Balaban J connectivity index is 2.27. The van der Waals surface area contributed by atoms with Crippen molar-refractivity contribution >= 4 is 23.5 Å².